The fraction of sp³-hybridized carbons (Fsp3) is 0.0500. The Morgan fingerprint density at radius 2 is 1.71 bits per heavy atom. The van der Waals surface area contributed by atoms with Gasteiger partial charge in [-0.3, -0.25) is 14.9 Å². The second kappa shape index (κ2) is 8.88. The number of carbonyl (C=O) groups excluding carboxylic acids is 1. The van der Waals surface area contributed by atoms with E-state index in [0.29, 0.717) is 22.2 Å². The number of nitrogens with one attached hydrogen (secondary N) is 1. The van der Waals surface area contributed by atoms with Crippen LogP contribution in [0.4, 0.5) is 11.4 Å². The minimum absolute atomic E-state index is 0.00880. The molecule has 3 rings (SSSR count). The Morgan fingerprint density at radius 1 is 1.00 bits per heavy atom. The Bertz CT molecular complexity index is 995. The van der Waals surface area contributed by atoms with Crippen molar-refractivity contribution >= 4 is 28.9 Å². The molecule has 0 saturated heterocycles. The van der Waals surface area contributed by atoms with Crippen molar-refractivity contribution in [1.29, 1.82) is 0 Å². The molecule has 0 aliphatic carbocycles. The van der Waals surface area contributed by atoms with Crippen molar-refractivity contribution in [2.45, 2.75) is 0 Å². The zero-order valence-electron chi connectivity index (χ0n) is 14.5. The quantitative estimate of drug-likeness (QED) is 0.443. The van der Waals surface area contributed by atoms with E-state index in [9.17, 15) is 14.9 Å². The second-order valence-corrected chi connectivity index (χ2v) is 6.05. The third-order valence-corrected chi connectivity index (χ3v) is 3.84. The summed E-state index contributed by atoms with van der Waals surface area (Å²) in [6.45, 7) is -0.415. The van der Waals surface area contributed by atoms with Crippen LogP contribution in [0.1, 0.15) is 0 Å². The molecule has 0 unspecified atom stereocenters. The molecule has 28 heavy (non-hydrogen) atoms. The molecule has 0 aliphatic rings. The van der Waals surface area contributed by atoms with Gasteiger partial charge in [0.15, 0.2) is 18.1 Å². The minimum atomic E-state index is -0.573. The molecule has 0 heterocycles. The monoisotopic (exact) mass is 398 g/mol. The summed E-state index contributed by atoms with van der Waals surface area (Å²) in [6.07, 6.45) is 0. The van der Waals surface area contributed by atoms with Gasteiger partial charge in [0.1, 0.15) is 5.75 Å². The highest BCUT2D eigenvalue weighted by molar-refractivity contribution is 6.31. The summed E-state index contributed by atoms with van der Waals surface area (Å²) in [5.41, 5.74) is 0.138. The Kier molecular flexibility index (Phi) is 6.08. The van der Waals surface area contributed by atoms with Crippen LogP contribution in [0, 0.1) is 10.1 Å². The van der Waals surface area contributed by atoms with Crippen LogP contribution in [-0.2, 0) is 4.79 Å². The number of hydrogen-bond donors (Lipinski definition) is 1. The molecule has 8 heteroatoms. The molecule has 142 valence electrons. The first kappa shape index (κ1) is 19.2. The fourth-order valence-corrected chi connectivity index (χ4v) is 2.54. The third kappa shape index (κ3) is 4.99. The van der Waals surface area contributed by atoms with Crippen LogP contribution in [0.2, 0.25) is 5.02 Å². The SMILES string of the molecule is O=C(COc1ccccc1[N+](=O)[O-])Nc1cc(Cl)ccc1Oc1ccccc1. The number of ether oxygens (including phenoxy) is 2. The van der Waals surface area contributed by atoms with E-state index in [1.807, 2.05) is 18.2 Å². The lowest BCUT2D eigenvalue weighted by atomic mass is 10.2. The Balaban J connectivity index is 1.70. The number of nitro groups is 1. The predicted octanol–water partition coefficient (Wildman–Crippen LogP) is 5.06. The van der Waals surface area contributed by atoms with E-state index >= 15 is 0 Å². The van der Waals surface area contributed by atoms with Gasteiger partial charge in [-0.1, -0.05) is 41.9 Å². The van der Waals surface area contributed by atoms with Crippen molar-refractivity contribution in [3.05, 3.63) is 87.9 Å². The van der Waals surface area contributed by atoms with Gasteiger partial charge in [-0.2, -0.15) is 0 Å². The number of amides is 1. The molecule has 0 radical (unpaired) electrons. The zero-order chi connectivity index (χ0) is 19.9. The van der Waals surface area contributed by atoms with Crippen molar-refractivity contribution in [3.63, 3.8) is 0 Å². The standard InChI is InChI=1S/C20H15ClN2O5/c21-14-10-11-18(28-15-6-2-1-3-7-15)16(12-14)22-20(24)13-27-19-9-5-4-8-17(19)23(25)26/h1-12H,13H2,(H,22,24). The van der Waals surface area contributed by atoms with Gasteiger partial charge in [-0.15, -0.1) is 0 Å². The Morgan fingerprint density at radius 3 is 2.46 bits per heavy atom. The van der Waals surface area contributed by atoms with Crippen LogP contribution in [-0.4, -0.2) is 17.4 Å². The lowest BCUT2D eigenvalue weighted by Gasteiger charge is -2.13. The number of para-hydroxylation sites is 3. The van der Waals surface area contributed by atoms with E-state index in [1.165, 1.54) is 18.2 Å². The number of carbonyl (C=O) groups is 1. The van der Waals surface area contributed by atoms with Gasteiger partial charge in [0.2, 0.25) is 0 Å². The van der Waals surface area contributed by atoms with Crippen molar-refractivity contribution in [1.82, 2.24) is 0 Å². The molecule has 0 spiro atoms. The molecular formula is C20H15ClN2O5. The topological polar surface area (TPSA) is 90.7 Å². The number of halogens is 1. The number of nitro benzene ring substituents is 1. The maximum atomic E-state index is 12.3. The average molecular weight is 399 g/mol. The first-order valence-electron chi connectivity index (χ1n) is 8.21. The lowest BCUT2D eigenvalue weighted by molar-refractivity contribution is -0.385. The molecule has 3 aromatic rings. The Hall–Kier alpha value is -3.58. The van der Waals surface area contributed by atoms with Gasteiger partial charge in [0.25, 0.3) is 5.91 Å². The van der Waals surface area contributed by atoms with E-state index in [1.54, 1.807) is 36.4 Å². The molecule has 0 fully saturated rings. The van der Waals surface area contributed by atoms with Crippen molar-refractivity contribution < 1.29 is 19.2 Å². The van der Waals surface area contributed by atoms with Gasteiger partial charge in [-0.25, -0.2) is 0 Å². The molecule has 0 aliphatic heterocycles. The van der Waals surface area contributed by atoms with Crippen LogP contribution in [0.3, 0.4) is 0 Å². The number of nitrogens with zero attached hydrogens (tertiary/aromatic N) is 1. The maximum Gasteiger partial charge on any atom is 0.310 e. The van der Waals surface area contributed by atoms with Crippen LogP contribution in [0.5, 0.6) is 17.2 Å². The largest absolute Gasteiger partial charge is 0.477 e. The zero-order valence-corrected chi connectivity index (χ0v) is 15.3. The molecule has 0 saturated carbocycles. The van der Waals surface area contributed by atoms with E-state index < -0.39 is 17.4 Å². The van der Waals surface area contributed by atoms with Gasteiger partial charge >= 0.3 is 5.69 Å². The minimum Gasteiger partial charge on any atom is -0.477 e. The van der Waals surface area contributed by atoms with Crippen molar-refractivity contribution in [3.8, 4) is 17.2 Å². The number of rotatable bonds is 7. The highest BCUT2D eigenvalue weighted by Crippen LogP contribution is 2.32. The third-order valence-electron chi connectivity index (χ3n) is 3.61. The average Bonchev–Trinajstić information content (AvgIpc) is 2.69. The fourth-order valence-electron chi connectivity index (χ4n) is 2.36. The Labute approximate surface area is 165 Å². The van der Waals surface area contributed by atoms with Crippen LogP contribution in [0.15, 0.2) is 72.8 Å². The highest BCUT2D eigenvalue weighted by Gasteiger charge is 2.16. The molecule has 0 atom stereocenters. The summed E-state index contributed by atoms with van der Waals surface area (Å²) in [6, 6.07) is 19.7. The summed E-state index contributed by atoms with van der Waals surface area (Å²) < 4.78 is 11.1. The van der Waals surface area contributed by atoms with Crippen LogP contribution in [0.25, 0.3) is 0 Å². The summed E-state index contributed by atoms with van der Waals surface area (Å²) >= 11 is 6.02. The number of anilines is 1. The van der Waals surface area contributed by atoms with Crippen molar-refractivity contribution in [2.24, 2.45) is 0 Å². The molecule has 0 bridgehead atoms. The predicted molar refractivity (Wildman–Crippen MR) is 105 cm³/mol. The smallest absolute Gasteiger partial charge is 0.310 e. The second-order valence-electron chi connectivity index (χ2n) is 5.62. The maximum absolute atomic E-state index is 12.3. The molecule has 1 amide bonds. The van der Waals surface area contributed by atoms with Gasteiger partial charge in [0, 0.05) is 11.1 Å². The summed E-state index contributed by atoms with van der Waals surface area (Å²) in [4.78, 5) is 22.7. The highest BCUT2D eigenvalue weighted by atomic mass is 35.5. The number of hydrogen-bond acceptors (Lipinski definition) is 5. The molecule has 3 aromatic carbocycles. The molecule has 7 nitrogen and oxygen atoms in total. The molecular weight excluding hydrogens is 384 g/mol. The summed E-state index contributed by atoms with van der Waals surface area (Å²) in [5.74, 6) is 0.485. The van der Waals surface area contributed by atoms with Gasteiger partial charge in [0.05, 0.1) is 10.6 Å². The first-order valence-corrected chi connectivity index (χ1v) is 8.59. The van der Waals surface area contributed by atoms with Crippen LogP contribution >= 0.6 is 11.6 Å². The lowest BCUT2D eigenvalue weighted by Crippen LogP contribution is -2.20. The van der Waals surface area contributed by atoms with Crippen molar-refractivity contribution in [2.75, 3.05) is 11.9 Å². The van der Waals surface area contributed by atoms with E-state index in [0.717, 1.165) is 0 Å². The van der Waals surface area contributed by atoms with Gasteiger partial charge < -0.3 is 14.8 Å². The van der Waals surface area contributed by atoms with E-state index in [2.05, 4.69) is 5.32 Å². The van der Waals surface area contributed by atoms with Crippen LogP contribution < -0.4 is 14.8 Å². The molecule has 1 N–H and O–H groups in total. The van der Waals surface area contributed by atoms with E-state index in [-0.39, 0.29) is 11.4 Å². The summed E-state index contributed by atoms with van der Waals surface area (Å²) in [5, 5.41) is 14.1. The summed E-state index contributed by atoms with van der Waals surface area (Å²) in [7, 11) is 0. The first-order chi connectivity index (χ1) is 13.5. The molecule has 0 aromatic heterocycles. The number of benzene rings is 3. The van der Waals surface area contributed by atoms with E-state index in [4.69, 9.17) is 21.1 Å². The van der Waals surface area contributed by atoms with Gasteiger partial charge in [-0.05, 0) is 36.4 Å². The normalized spacial score (nSPS) is 10.2.